The monoisotopic (exact) mass is 305 g/mol. The molecule has 0 spiro atoms. The Morgan fingerprint density at radius 1 is 1.23 bits per heavy atom. The summed E-state index contributed by atoms with van der Waals surface area (Å²) in [5.41, 5.74) is 0.775. The number of methoxy groups -OCH3 is 1. The van der Waals surface area contributed by atoms with E-state index in [2.05, 4.69) is 29.2 Å². The molecule has 1 fully saturated rings. The Balaban J connectivity index is 1.78. The number of hydrogen-bond acceptors (Lipinski definition) is 4. The minimum atomic E-state index is -0.549. The van der Waals surface area contributed by atoms with Crippen LogP contribution in [0, 0.1) is 5.92 Å². The molecule has 4 heteroatoms. The molecule has 22 heavy (non-hydrogen) atoms. The Labute approximate surface area is 133 Å². The lowest BCUT2D eigenvalue weighted by molar-refractivity contribution is -0.167. The van der Waals surface area contributed by atoms with Crippen LogP contribution in [0.5, 0.6) is 0 Å². The molecule has 2 rings (SSSR count). The van der Waals surface area contributed by atoms with Crippen LogP contribution >= 0.6 is 0 Å². The van der Waals surface area contributed by atoms with Gasteiger partial charge in [-0.2, -0.15) is 0 Å². The van der Waals surface area contributed by atoms with Crippen molar-refractivity contribution in [2.75, 3.05) is 26.8 Å². The molecule has 0 atom stereocenters. The van der Waals surface area contributed by atoms with Gasteiger partial charge < -0.3 is 9.47 Å². The van der Waals surface area contributed by atoms with Gasteiger partial charge in [-0.3, -0.25) is 9.69 Å². The molecule has 4 nitrogen and oxygen atoms in total. The summed E-state index contributed by atoms with van der Waals surface area (Å²) in [5.74, 6) is -0.0652. The van der Waals surface area contributed by atoms with Crippen molar-refractivity contribution in [2.24, 2.45) is 5.92 Å². The Morgan fingerprint density at radius 2 is 1.86 bits per heavy atom. The topological polar surface area (TPSA) is 38.8 Å². The van der Waals surface area contributed by atoms with E-state index in [0.717, 1.165) is 32.5 Å². The zero-order valence-electron chi connectivity index (χ0n) is 13.9. The lowest BCUT2D eigenvalue weighted by Crippen LogP contribution is -2.40. The lowest BCUT2D eigenvalue weighted by atomic mass is 9.96. The number of benzene rings is 1. The van der Waals surface area contributed by atoms with Crippen molar-refractivity contribution in [3.63, 3.8) is 0 Å². The minimum Gasteiger partial charge on any atom is -0.457 e. The third kappa shape index (κ3) is 5.11. The van der Waals surface area contributed by atoms with Crippen LogP contribution in [0.15, 0.2) is 30.3 Å². The molecule has 1 aliphatic rings. The molecule has 0 amide bonds. The third-order valence-corrected chi connectivity index (χ3v) is 4.04. The van der Waals surface area contributed by atoms with Gasteiger partial charge in [-0.1, -0.05) is 30.3 Å². The fourth-order valence-electron chi connectivity index (χ4n) is 2.90. The quantitative estimate of drug-likeness (QED) is 0.758. The SMILES string of the molecule is COCC(C)(C)OC(=O)C1CCN(Cc2ccccc2)CC1. The van der Waals surface area contributed by atoms with Crippen molar-refractivity contribution >= 4 is 5.97 Å². The molecule has 0 radical (unpaired) electrons. The fraction of sp³-hybridized carbons (Fsp3) is 0.611. The van der Waals surface area contributed by atoms with E-state index in [-0.39, 0.29) is 11.9 Å². The van der Waals surface area contributed by atoms with Crippen LogP contribution in [0.4, 0.5) is 0 Å². The summed E-state index contributed by atoms with van der Waals surface area (Å²) >= 11 is 0. The van der Waals surface area contributed by atoms with Gasteiger partial charge in [0, 0.05) is 13.7 Å². The van der Waals surface area contributed by atoms with Gasteiger partial charge in [0.15, 0.2) is 0 Å². The highest BCUT2D eigenvalue weighted by Crippen LogP contribution is 2.23. The molecule has 1 saturated heterocycles. The average Bonchev–Trinajstić information content (AvgIpc) is 2.48. The first-order valence-electron chi connectivity index (χ1n) is 7.98. The molecule has 0 N–H and O–H groups in total. The molecular formula is C18H27NO3. The normalized spacial score (nSPS) is 17.4. The fourth-order valence-corrected chi connectivity index (χ4v) is 2.90. The molecule has 0 aliphatic carbocycles. The van der Waals surface area contributed by atoms with E-state index in [1.807, 2.05) is 19.9 Å². The van der Waals surface area contributed by atoms with Crippen molar-refractivity contribution < 1.29 is 14.3 Å². The number of likely N-dealkylation sites (tertiary alicyclic amines) is 1. The Bertz CT molecular complexity index is 464. The van der Waals surface area contributed by atoms with Crippen molar-refractivity contribution in [3.05, 3.63) is 35.9 Å². The summed E-state index contributed by atoms with van der Waals surface area (Å²) in [5, 5.41) is 0. The van der Waals surface area contributed by atoms with E-state index in [0.29, 0.717) is 6.61 Å². The van der Waals surface area contributed by atoms with Crippen LogP contribution in [-0.4, -0.2) is 43.3 Å². The van der Waals surface area contributed by atoms with Crippen LogP contribution in [0.25, 0.3) is 0 Å². The highest BCUT2D eigenvalue weighted by molar-refractivity contribution is 5.73. The maximum atomic E-state index is 12.3. The van der Waals surface area contributed by atoms with Crippen molar-refractivity contribution in [3.8, 4) is 0 Å². The molecule has 0 unspecified atom stereocenters. The predicted octanol–water partition coefficient (Wildman–Crippen LogP) is 2.87. The highest BCUT2D eigenvalue weighted by atomic mass is 16.6. The van der Waals surface area contributed by atoms with Gasteiger partial charge >= 0.3 is 5.97 Å². The zero-order valence-corrected chi connectivity index (χ0v) is 13.9. The predicted molar refractivity (Wildman–Crippen MR) is 86.5 cm³/mol. The smallest absolute Gasteiger partial charge is 0.309 e. The van der Waals surface area contributed by atoms with E-state index in [4.69, 9.17) is 9.47 Å². The molecule has 1 aromatic carbocycles. The first kappa shape index (κ1) is 17.0. The number of piperidine rings is 1. The Kier molecular flexibility index (Phi) is 5.98. The molecule has 1 heterocycles. The number of rotatable bonds is 6. The highest BCUT2D eigenvalue weighted by Gasteiger charge is 2.30. The van der Waals surface area contributed by atoms with Crippen LogP contribution in [0.2, 0.25) is 0 Å². The molecule has 0 bridgehead atoms. The molecular weight excluding hydrogens is 278 g/mol. The summed E-state index contributed by atoms with van der Waals surface area (Å²) < 4.78 is 10.7. The van der Waals surface area contributed by atoms with Crippen LogP contribution in [-0.2, 0) is 20.8 Å². The summed E-state index contributed by atoms with van der Waals surface area (Å²) in [4.78, 5) is 14.7. The van der Waals surface area contributed by atoms with E-state index in [1.54, 1.807) is 7.11 Å². The lowest BCUT2D eigenvalue weighted by Gasteiger charge is -2.33. The maximum Gasteiger partial charge on any atom is 0.309 e. The largest absolute Gasteiger partial charge is 0.457 e. The van der Waals surface area contributed by atoms with Gasteiger partial charge in [-0.15, -0.1) is 0 Å². The third-order valence-electron chi connectivity index (χ3n) is 4.04. The Morgan fingerprint density at radius 3 is 2.45 bits per heavy atom. The molecule has 1 aromatic rings. The zero-order chi connectivity index (χ0) is 16.0. The average molecular weight is 305 g/mol. The number of carbonyl (C=O) groups excluding carboxylic acids is 1. The first-order valence-corrected chi connectivity index (χ1v) is 7.98. The van der Waals surface area contributed by atoms with Crippen molar-refractivity contribution in [1.29, 1.82) is 0 Å². The van der Waals surface area contributed by atoms with Crippen LogP contribution in [0.1, 0.15) is 32.3 Å². The number of ether oxygens (including phenoxy) is 2. The van der Waals surface area contributed by atoms with E-state index in [1.165, 1.54) is 5.56 Å². The van der Waals surface area contributed by atoms with Crippen LogP contribution < -0.4 is 0 Å². The van der Waals surface area contributed by atoms with Gasteiger partial charge in [-0.05, 0) is 45.3 Å². The summed E-state index contributed by atoms with van der Waals surface area (Å²) in [6.07, 6.45) is 1.74. The maximum absolute atomic E-state index is 12.3. The van der Waals surface area contributed by atoms with E-state index < -0.39 is 5.60 Å². The van der Waals surface area contributed by atoms with E-state index >= 15 is 0 Å². The molecule has 0 aromatic heterocycles. The first-order chi connectivity index (χ1) is 10.5. The van der Waals surface area contributed by atoms with Crippen molar-refractivity contribution in [2.45, 2.75) is 38.8 Å². The van der Waals surface area contributed by atoms with Gasteiger partial charge in [0.2, 0.25) is 0 Å². The Hall–Kier alpha value is -1.39. The van der Waals surface area contributed by atoms with Crippen LogP contribution in [0.3, 0.4) is 0 Å². The van der Waals surface area contributed by atoms with Gasteiger partial charge in [0.1, 0.15) is 5.60 Å². The summed E-state index contributed by atoms with van der Waals surface area (Å²) in [6.45, 7) is 7.04. The molecule has 0 saturated carbocycles. The van der Waals surface area contributed by atoms with Gasteiger partial charge in [0.05, 0.1) is 12.5 Å². The second-order valence-corrected chi connectivity index (χ2v) is 6.65. The van der Waals surface area contributed by atoms with Crippen molar-refractivity contribution in [1.82, 2.24) is 4.90 Å². The molecule has 1 aliphatic heterocycles. The summed E-state index contributed by atoms with van der Waals surface area (Å²) in [7, 11) is 1.62. The minimum absolute atomic E-state index is 0.0168. The standard InChI is InChI=1S/C18H27NO3/c1-18(2,14-21-3)22-17(20)16-9-11-19(12-10-16)13-15-7-5-4-6-8-15/h4-8,16H,9-14H2,1-3H3. The number of nitrogens with zero attached hydrogens (tertiary/aromatic N) is 1. The van der Waals surface area contributed by atoms with E-state index in [9.17, 15) is 4.79 Å². The number of carbonyl (C=O) groups is 1. The van der Waals surface area contributed by atoms with Gasteiger partial charge in [-0.25, -0.2) is 0 Å². The second kappa shape index (κ2) is 7.75. The second-order valence-electron chi connectivity index (χ2n) is 6.65. The number of esters is 1. The molecule has 122 valence electrons. The number of hydrogen-bond donors (Lipinski definition) is 0. The summed E-state index contributed by atoms with van der Waals surface area (Å²) in [6, 6.07) is 10.5. The van der Waals surface area contributed by atoms with Gasteiger partial charge in [0.25, 0.3) is 0 Å².